The maximum Gasteiger partial charge on any atom is 0.418 e. The normalized spacial score (nSPS) is 15.6. The summed E-state index contributed by atoms with van der Waals surface area (Å²) in [6.45, 7) is 7.41. The van der Waals surface area contributed by atoms with Crippen molar-refractivity contribution in [2.24, 2.45) is 0 Å². The van der Waals surface area contributed by atoms with Crippen LogP contribution in [0, 0.1) is 0 Å². The highest BCUT2D eigenvalue weighted by Gasteiger charge is 2.24. The first-order valence-electron chi connectivity index (χ1n) is 8.36. The summed E-state index contributed by atoms with van der Waals surface area (Å²) in [5.41, 5.74) is 1.42. The molecule has 24 heavy (non-hydrogen) atoms. The minimum absolute atomic E-state index is 0.394. The predicted octanol–water partition coefficient (Wildman–Crippen LogP) is 2.05. The molecule has 7 heteroatoms. The topological polar surface area (TPSA) is 67.6 Å². The zero-order chi connectivity index (χ0) is 17.3. The molecule has 1 N–H and O–H groups in total. The molecule has 2 aromatic rings. The number of rotatable bonds is 2. The van der Waals surface area contributed by atoms with Gasteiger partial charge in [-0.15, -0.1) is 0 Å². The van der Waals surface area contributed by atoms with Crippen molar-refractivity contribution >= 4 is 35.8 Å². The summed E-state index contributed by atoms with van der Waals surface area (Å²) in [4.78, 5) is 19.2. The van der Waals surface area contributed by atoms with Crippen LogP contribution in [0.15, 0.2) is 18.5 Å². The molecule has 0 aliphatic carbocycles. The first kappa shape index (κ1) is 16.8. The van der Waals surface area contributed by atoms with Gasteiger partial charge in [-0.25, -0.2) is 4.79 Å². The highest BCUT2D eigenvalue weighted by atomic mass is 16.6. The van der Waals surface area contributed by atoms with E-state index in [9.17, 15) is 9.82 Å². The van der Waals surface area contributed by atoms with Crippen LogP contribution in [0.25, 0.3) is 10.9 Å². The van der Waals surface area contributed by atoms with Gasteiger partial charge in [0.15, 0.2) is 0 Å². The average Bonchev–Trinajstić information content (AvgIpc) is 2.92. The quantitative estimate of drug-likeness (QED) is 0.855. The highest BCUT2D eigenvalue weighted by Crippen LogP contribution is 2.28. The molecule has 3 heterocycles. The van der Waals surface area contributed by atoms with Gasteiger partial charge in [-0.2, -0.15) is 0 Å². The summed E-state index contributed by atoms with van der Waals surface area (Å²) in [5.74, 6) is 0. The third kappa shape index (κ3) is 3.26. The summed E-state index contributed by atoms with van der Waals surface area (Å²) < 4.78 is 6.85. The van der Waals surface area contributed by atoms with Crippen molar-refractivity contribution < 1.29 is 14.6 Å². The van der Waals surface area contributed by atoms with Crippen LogP contribution in [0.4, 0.5) is 10.5 Å². The molecule has 0 bridgehead atoms. The Morgan fingerprint density at radius 1 is 1.25 bits per heavy atom. The van der Waals surface area contributed by atoms with Crippen LogP contribution >= 0.6 is 0 Å². The molecule has 0 aromatic carbocycles. The van der Waals surface area contributed by atoms with Gasteiger partial charge in [0.05, 0.1) is 23.6 Å². The van der Waals surface area contributed by atoms with Crippen molar-refractivity contribution in [3.05, 3.63) is 18.5 Å². The Morgan fingerprint density at radius 2 is 1.96 bits per heavy atom. The smallest absolute Gasteiger partial charge is 0.418 e. The molecule has 1 aliphatic rings. The van der Waals surface area contributed by atoms with Crippen LogP contribution in [0.5, 0.6) is 0 Å². The maximum absolute atomic E-state index is 12.6. The van der Waals surface area contributed by atoms with Crippen LogP contribution in [0.1, 0.15) is 40.0 Å². The number of anilines is 1. The van der Waals surface area contributed by atoms with Gasteiger partial charge in [0.2, 0.25) is 0 Å². The van der Waals surface area contributed by atoms with Gasteiger partial charge in [0.1, 0.15) is 5.60 Å². The molecule has 2 aromatic heterocycles. The van der Waals surface area contributed by atoms with Crippen LogP contribution in [-0.2, 0) is 4.74 Å². The number of hydrogen-bond acceptors (Lipinski definition) is 5. The Hall–Kier alpha value is -2.02. The van der Waals surface area contributed by atoms with E-state index in [1.165, 1.54) is 11.0 Å². The minimum atomic E-state index is -0.613. The Labute approximate surface area is 142 Å². The minimum Gasteiger partial charge on any atom is -0.449 e. The van der Waals surface area contributed by atoms with E-state index in [1.54, 1.807) is 6.20 Å². The number of piperidine rings is 1. The number of carbonyl (C=O) groups is 1. The molecule has 1 fully saturated rings. The van der Waals surface area contributed by atoms with E-state index in [4.69, 9.17) is 4.74 Å². The summed E-state index contributed by atoms with van der Waals surface area (Å²) in [5, 5.41) is 10.5. The molecule has 1 radical (unpaired) electrons. The average molecular weight is 328 g/mol. The van der Waals surface area contributed by atoms with E-state index in [2.05, 4.69) is 9.88 Å². The standard InChI is InChI=1S/C17H23BN3O3/c1-17(2,3)24-16(22)21-14-11-19-10-13(12(14)9-15(21)18-23)20-7-5-4-6-8-20/h9-11,23H,4-8H2,1-3H3. The van der Waals surface area contributed by atoms with E-state index in [0.717, 1.165) is 44.5 Å². The Morgan fingerprint density at radius 3 is 2.58 bits per heavy atom. The number of aromatic nitrogens is 2. The second-order valence-electron chi connectivity index (χ2n) is 7.15. The summed E-state index contributed by atoms with van der Waals surface area (Å²) in [7, 11) is 0.934. The zero-order valence-electron chi connectivity index (χ0n) is 14.5. The summed E-state index contributed by atoms with van der Waals surface area (Å²) in [6, 6.07) is 1.81. The van der Waals surface area contributed by atoms with Crippen LogP contribution < -0.4 is 10.5 Å². The van der Waals surface area contributed by atoms with Gasteiger partial charge in [-0.3, -0.25) is 9.55 Å². The van der Waals surface area contributed by atoms with Gasteiger partial charge < -0.3 is 14.7 Å². The highest BCUT2D eigenvalue weighted by molar-refractivity contribution is 6.46. The van der Waals surface area contributed by atoms with Gasteiger partial charge in [0, 0.05) is 24.1 Å². The number of nitrogens with zero attached hydrogens (tertiary/aromatic N) is 3. The molecule has 6 nitrogen and oxygen atoms in total. The summed E-state index contributed by atoms with van der Waals surface area (Å²) in [6.07, 6.45) is 6.50. The first-order chi connectivity index (χ1) is 11.4. The van der Waals surface area contributed by atoms with E-state index in [1.807, 2.05) is 33.0 Å². The third-order valence-corrected chi connectivity index (χ3v) is 4.14. The lowest BCUT2D eigenvalue weighted by molar-refractivity contribution is 0.0549. The van der Waals surface area contributed by atoms with E-state index in [-0.39, 0.29) is 0 Å². The van der Waals surface area contributed by atoms with Gasteiger partial charge >= 0.3 is 13.6 Å². The number of ether oxygens (including phenoxy) is 1. The second kappa shape index (κ2) is 6.47. The molecule has 1 saturated heterocycles. The van der Waals surface area contributed by atoms with Crippen LogP contribution in [0.2, 0.25) is 0 Å². The fraction of sp³-hybridized carbons (Fsp3) is 0.529. The fourth-order valence-corrected chi connectivity index (χ4v) is 3.12. The molecule has 0 spiro atoms. The van der Waals surface area contributed by atoms with Crippen LogP contribution in [0.3, 0.4) is 0 Å². The van der Waals surface area contributed by atoms with Crippen molar-refractivity contribution in [2.45, 2.75) is 45.6 Å². The summed E-state index contributed by atoms with van der Waals surface area (Å²) >= 11 is 0. The lowest BCUT2D eigenvalue weighted by Crippen LogP contribution is -2.34. The molecular weight excluding hydrogens is 305 g/mol. The Kier molecular flexibility index (Phi) is 4.54. The van der Waals surface area contributed by atoms with Crippen molar-refractivity contribution in [2.75, 3.05) is 18.0 Å². The second-order valence-corrected chi connectivity index (χ2v) is 7.15. The van der Waals surface area contributed by atoms with E-state index in [0.29, 0.717) is 11.1 Å². The van der Waals surface area contributed by atoms with Crippen LogP contribution in [-0.4, -0.2) is 46.8 Å². The molecular formula is C17H23BN3O3. The Balaban J connectivity index is 2.08. The molecule has 0 amide bonds. The van der Waals surface area contributed by atoms with Gasteiger partial charge in [0.25, 0.3) is 0 Å². The number of fused-ring (bicyclic) bond motifs is 1. The zero-order valence-corrected chi connectivity index (χ0v) is 14.5. The number of hydrogen-bond donors (Lipinski definition) is 1. The SMILES string of the molecule is CC(C)(C)OC(=O)n1c([B]O)cc2c(N3CCCCC3)cncc21. The van der Waals surface area contributed by atoms with Crippen molar-refractivity contribution in [3.8, 4) is 0 Å². The van der Waals surface area contributed by atoms with Crippen molar-refractivity contribution in [1.82, 2.24) is 9.55 Å². The molecule has 0 atom stereocenters. The molecule has 0 saturated carbocycles. The number of pyridine rings is 1. The van der Waals surface area contributed by atoms with Gasteiger partial charge in [-0.05, 0) is 46.1 Å². The lowest BCUT2D eigenvalue weighted by atomic mass is 9.96. The maximum atomic E-state index is 12.6. The molecule has 3 rings (SSSR count). The van der Waals surface area contributed by atoms with Crippen molar-refractivity contribution in [3.63, 3.8) is 0 Å². The largest absolute Gasteiger partial charge is 0.449 e. The molecule has 0 unspecified atom stereocenters. The molecule has 127 valence electrons. The van der Waals surface area contributed by atoms with E-state index >= 15 is 0 Å². The lowest BCUT2D eigenvalue weighted by Gasteiger charge is -2.29. The number of carbonyl (C=O) groups excluding carboxylic acids is 1. The third-order valence-electron chi connectivity index (χ3n) is 4.14. The van der Waals surface area contributed by atoms with E-state index < -0.39 is 11.7 Å². The molecule has 1 aliphatic heterocycles. The fourth-order valence-electron chi connectivity index (χ4n) is 3.12. The first-order valence-corrected chi connectivity index (χ1v) is 8.36. The van der Waals surface area contributed by atoms with Gasteiger partial charge in [-0.1, -0.05) is 0 Å². The predicted molar refractivity (Wildman–Crippen MR) is 95.0 cm³/mol. The Bertz CT molecular complexity index is 745. The monoisotopic (exact) mass is 328 g/mol. The van der Waals surface area contributed by atoms with Crippen molar-refractivity contribution in [1.29, 1.82) is 0 Å².